The van der Waals surface area contributed by atoms with Crippen molar-refractivity contribution in [3.8, 4) is 0 Å². The van der Waals surface area contributed by atoms with Crippen molar-refractivity contribution in [2.24, 2.45) is 5.92 Å². The van der Waals surface area contributed by atoms with Crippen molar-refractivity contribution in [1.29, 1.82) is 0 Å². The van der Waals surface area contributed by atoms with Crippen molar-refractivity contribution in [3.63, 3.8) is 0 Å². The molecule has 2 nitrogen and oxygen atoms in total. The van der Waals surface area contributed by atoms with Gasteiger partial charge in [-0.1, -0.05) is 31.2 Å². The lowest BCUT2D eigenvalue weighted by molar-refractivity contribution is 0.186. The molecule has 0 bridgehead atoms. The average Bonchev–Trinajstić information content (AvgIpc) is 2.75. The van der Waals surface area contributed by atoms with Crippen molar-refractivity contribution in [2.45, 2.75) is 19.8 Å². The fraction of sp³-hybridized carbons (Fsp3) is 0.400. The van der Waals surface area contributed by atoms with E-state index >= 15 is 0 Å². The van der Waals surface area contributed by atoms with E-state index in [1.807, 2.05) is 6.20 Å². The number of benzene rings is 1. The first-order valence-electron chi connectivity index (χ1n) is 6.19. The van der Waals surface area contributed by atoms with E-state index in [1.54, 1.807) is 0 Å². The van der Waals surface area contributed by atoms with E-state index in [0.717, 1.165) is 18.9 Å². The van der Waals surface area contributed by atoms with Crippen LogP contribution < -0.4 is 0 Å². The third-order valence-corrected chi connectivity index (χ3v) is 3.77. The molecule has 1 saturated heterocycles. The first-order chi connectivity index (χ1) is 8.27. The molecular weight excluding hydrogens is 210 g/mol. The maximum absolute atomic E-state index is 5.60. The van der Waals surface area contributed by atoms with E-state index in [1.165, 1.54) is 16.3 Å². The number of rotatable bonds is 1. The molecule has 2 unspecified atom stereocenters. The van der Waals surface area contributed by atoms with Crippen LogP contribution in [0.15, 0.2) is 30.5 Å². The summed E-state index contributed by atoms with van der Waals surface area (Å²) in [4.78, 5) is 4.53. The highest BCUT2D eigenvalue weighted by Gasteiger charge is 2.28. The van der Waals surface area contributed by atoms with Gasteiger partial charge in [-0.3, -0.25) is 4.98 Å². The summed E-state index contributed by atoms with van der Waals surface area (Å²) in [7, 11) is 0. The molecule has 17 heavy (non-hydrogen) atoms. The first kappa shape index (κ1) is 10.7. The van der Waals surface area contributed by atoms with Crippen LogP contribution in [0.5, 0.6) is 0 Å². The normalized spacial score (nSPS) is 24.4. The van der Waals surface area contributed by atoms with Crippen LogP contribution in [0.1, 0.15) is 24.1 Å². The van der Waals surface area contributed by atoms with Gasteiger partial charge in [-0.25, -0.2) is 0 Å². The van der Waals surface area contributed by atoms with Gasteiger partial charge in [-0.05, 0) is 23.8 Å². The van der Waals surface area contributed by atoms with Crippen LogP contribution in [0.4, 0.5) is 0 Å². The largest absolute Gasteiger partial charge is 0.381 e. The third-order valence-electron chi connectivity index (χ3n) is 3.77. The molecule has 0 aliphatic carbocycles. The summed E-state index contributed by atoms with van der Waals surface area (Å²) in [6, 6.07) is 8.50. The molecule has 3 rings (SSSR count). The number of pyridine rings is 1. The van der Waals surface area contributed by atoms with E-state index in [2.05, 4.69) is 43.1 Å². The molecule has 1 aliphatic rings. The SMILES string of the molecule is Cc1ncc2ccccc2c1C1COCC1C. The summed E-state index contributed by atoms with van der Waals surface area (Å²) >= 11 is 0. The highest BCUT2D eigenvalue weighted by atomic mass is 16.5. The maximum atomic E-state index is 5.60. The molecule has 1 aromatic heterocycles. The van der Waals surface area contributed by atoms with Crippen LogP contribution >= 0.6 is 0 Å². The number of aromatic nitrogens is 1. The lowest BCUT2D eigenvalue weighted by Gasteiger charge is -2.18. The number of hydrogen-bond acceptors (Lipinski definition) is 2. The van der Waals surface area contributed by atoms with Gasteiger partial charge in [0.25, 0.3) is 0 Å². The Morgan fingerprint density at radius 1 is 1.24 bits per heavy atom. The molecule has 1 aromatic carbocycles. The summed E-state index contributed by atoms with van der Waals surface area (Å²) in [6.45, 7) is 6.07. The number of fused-ring (bicyclic) bond motifs is 1. The van der Waals surface area contributed by atoms with Gasteiger partial charge in [0, 0.05) is 29.8 Å². The summed E-state index contributed by atoms with van der Waals surface area (Å²) in [5.74, 6) is 1.08. The van der Waals surface area contributed by atoms with E-state index in [4.69, 9.17) is 4.74 Å². The van der Waals surface area contributed by atoms with Crippen LogP contribution in [-0.4, -0.2) is 18.2 Å². The van der Waals surface area contributed by atoms with Crippen molar-refractivity contribution >= 4 is 10.8 Å². The van der Waals surface area contributed by atoms with E-state index in [-0.39, 0.29) is 0 Å². The standard InChI is InChI=1S/C15H17NO/c1-10-8-17-9-14(10)15-11(2)16-7-12-5-3-4-6-13(12)15/h3-7,10,14H,8-9H2,1-2H3. The molecule has 88 valence electrons. The first-order valence-corrected chi connectivity index (χ1v) is 6.19. The predicted molar refractivity (Wildman–Crippen MR) is 69.2 cm³/mol. The topological polar surface area (TPSA) is 22.1 Å². The average molecular weight is 227 g/mol. The molecule has 2 heteroatoms. The Balaban J connectivity index is 2.23. The van der Waals surface area contributed by atoms with Gasteiger partial charge in [0.1, 0.15) is 0 Å². The van der Waals surface area contributed by atoms with Crippen molar-refractivity contribution in [3.05, 3.63) is 41.7 Å². The Bertz CT molecular complexity index is 550. The quantitative estimate of drug-likeness (QED) is 0.745. The zero-order valence-electron chi connectivity index (χ0n) is 10.3. The smallest absolute Gasteiger partial charge is 0.0539 e. The predicted octanol–water partition coefficient (Wildman–Crippen LogP) is 3.29. The second kappa shape index (κ2) is 4.11. The molecule has 1 fully saturated rings. The Morgan fingerprint density at radius 3 is 2.82 bits per heavy atom. The number of hydrogen-bond donors (Lipinski definition) is 0. The van der Waals surface area contributed by atoms with E-state index in [0.29, 0.717) is 11.8 Å². The number of aryl methyl sites for hydroxylation is 1. The molecule has 0 saturated carbocycles. The number of ether oxygens (including phenoxy) is 1. The second-order valence-corrected chi connectivity index (χ2v) is 4.97. The molecule has 2 heterocycles. The Labute approximate surface area is 102 Å². The second-order valence-electron chi connectivity index (χ2n) is 4.97. The molecular formula is C15H17NO. The molecule has 0 amide bonds. The van der Waals surface area contributed by atoms with Crippen molar-refractivity contribution in [2.75, 3.05) is 13.2 Å². The Morgan fingerprint density at radius 2 is 2.06 bits per heavy atom. The molecule has 0 spiro atoms. The number of nitrogens with zero attached hydrogens (tertiary/aromatic N) is 1. The van der Waals surface area contributed by atoms with Crippen LogP contribution in [0, 0.1) is 12.8 Å². The molecule has 1 aliphatic heterocycles. The molecule has 0 radical (unpaired) electrons. The van der Waals surface area contributed by atoms with Gasteiger partial charge in [-0.2, -0.15) is 0 Å². The zero-order valence-corrected chi connectivity index (χ0v) is 10.3. The van der Waals surface area contributed by atoms with E-state index < -0.39 is 0 Å². The summed E-state index contributed by atoms with van der Waals surface area (Å²) in [5.41, 5.74) is 2.53. The maximum Gasteiger partial charge on any atom is 0.0539 e. The minimum absolute atomic E-state index is 0.494. The van der Waals surface area contributed by atoms with Gasteiger partial charge in [-0.15, -0.1) is 0 Å². The van der Waals surface area contributed by atoms with Crippen LogP contribution in [0.3, 0.4) is 0 Å². The summed E-state index contributed by atoms with van der Waals surface area (Å²) in [6.07, 6.45) is 1.97. The summed E-state index contributed by atoms with van der Waals surface area (Å²) < 4.78 is 5.60. The van der Waals surface area contributed by atoms with Gasteiger partial charge in [0.15, 0.2) is 0 Å². The zero-order chi connectivity index (χ0) is 11.8. The van der Waals surface area contributed by atoms with Crippen LogP contribution in [0.2, 0.25) is 0 Å². The lowest BCUT2D eigenvalue weighted by atomic mass is 9.86. The van der Waals surface area contributed by atoms with Gasteiger partial charge < -0.3 is 4.74 Å². The summed E-state index contributed by atoms with van der Waals surface area (Å²) in [5, 5.41) is 2.56. The lowest BCUT2D eigenvalue weighted by Crippen LogP contribution is -2.10. The van der Waals surface area contributed by atoms with Gasteiger partial charge in [0.05, 0.1) is 6.61 Å². The Hall–Kier alpha value is -1.41. The van der Waals surface area contributed by atoms with Crippen molar-refractivity contribution in [1.82, 2.24) is 4.98 Å². The van der Waals surface area contributed by atoms with Crippen molar-refractivity contribution < 1.29 is 4.74 Å². The Kier molecular flexibility index (Phi) is 2.60. The molecule has 0 N–H and O–H groups in total. The monoisotopic (exact) mass is 227 g/mol. The minimum Gasteiger partial charge on any atom is -0.381 e. The highest BCUT2D eigenvalue weighted by Crippen LogP contribution is 2.36. The van der Waals surface area contributed by atoms with Crippen LogP contribution in [0.25, 0.3) is 10.8 Å². The minimum atomic E-state index is 0.494. The van der Waals surface area contributed by atoms with Gasteiger partial charge >= 0.3 is 0 Å². The highest BCUT2D eigenvalue weighted by molar-refractivity contribution is 5.86. The van der Waals surface area contributed by atoms with Crippen LogP contribution in [-0.2, 0) is 4.74 Å². The fourth-order valence-corrected chi connectivity index (χ4v) is 2.78. The molecule has 2 atom stereocenters. The third kappa shape index (κ3) is 1.73. The fourth-order valence-electron chi connectivity index (χ4n) is 2.78. The van der Waals surface area contributed by atoms with E-state index in [9.17, 15) is 0 Å². The van der Waals surface area contributed by atoms with Gasteiger partial charge in [0.2, 0.25) is 0 Å². The molecule has 2 aromatic rings.